The van der Waals surface area contributed by atoms with Gasteiger partial charge in [-0.15, -0.1) is 0 Å². The first-order valence-electron chi connectivity index (χ1n) is 5.62. The molecule has 0 spiro atoms. The Bertz CT molecular complexity index is 526. The molecule has 0 saturated carbocycles. The predicted octanol–water partition coefficient (Wildman–Crippen LogP) is 2.55. The summed E-state index contributed by atoms with van der Waals surface area (Å²) in [5.41, 5.74) is 1.20. The molecule has 0 aliphatic heterocycles. The van der Waals surface area contributed by atoms with E-state index in [0.29, 0.717) is 12.4 Å². The zero-order valence-corrected chi connectivity index (χ0v) is 10.6. The highest BCUT2D eigenvalue weighted by molar-refractivity contribution is 7.79. The van der Waals surface area contributed by atoms with Crippen molar-refractivity contribution in [2.24, 2.45) is 0 Å². The first kappa shape index (κ1) is 12.8. The monoisotopic (exact) mass is 261 g/mol. The van der Waals surface area contributed by atoms with Crippen molar-refractivity contribution in [3.8, 4) is 5.75 Å². The van der Waals surface area contributed by atoms with Crippen LogP contribution in [0.1, 0.15) is 5.56 Å². The Kier molecular flexibility index (Phi) is 4.50. The van der Waals surface area contributed by atoms with Crippen LogP contribution in [0.5, 0.6) is 5.75 Å². The lowest BCUT2D eigenvalue weighted by atomic mass is 10.2. The first-order valence-corrected chi connectivity index (χ1v) is 6.69. The maximum absolute atomic E-state index is 10.8. The summed E-state index contributed by atoms with van der Waals surface area (Å²) in [5.74, 6) is 0.577. The minimum atomic E-state index is -2.21. The van der Waals surface area contributed by atoms with Gasteiger partial charge in [0.2, 0.25) is 0 Å². The lowest BCUT2D eigenvalue weighted by Gasteiger charge is -2.09. The van der Waals surface area contributed by atoms with E-state index in [9.17, 15) is 8.76 Å². The minimum Gasteiger partial charge on any atom is -0.768 e. The van der Waals surface area contributed by atoms with Crippen LogP contribution in [-0.4, -0.2) is 15.4 Å². The van der Waals surface area contributed by atoms with E-state index in [4.69, 9.17) is 4.74 Å². The number of hydrogen-bond donors (Lipinski definition) is 0. The Balaban J connectivity index is 1.90. The fourth-order valence-electron chi connectivity index (χ4n) is 1.60. The number of ether oxygens (including phenoxy) is 1. The zero-order chi connectivity index (χ0) is 12.8. The lowest BCUT2D eigenvalue weighted by molar-refractivity contribution is 0.321. The van der Waals surface area contributed by atoms with Crippen LogP contribution >= 0.6 is 0 Å². The van der Waals surface area contributed by atoms with Gasteiger partial charge in [0.1, 0.15) is 5.75 Å². The number of rotatable bonds is 5. The molecule has 1 unspecified atom stereocenters. The molecule has 0 radical (unpaired) electrons. The van der Waals surface area contributed by atoms with E-state index in [1.807, 2.05) is 30.3 Å². The molecule has 18 heavy (non-hydrogen) atoms. The topological polar surface area (TPSA) is 49.4 Å². The van der Waals surface area contributed by atoms with E-state index in [1.54, 1.807) is 12.1 Å². The molecule has 4 heteroatoms. The normalized spacial score (nSPS) is 12.1. The number of hydrogen-bond acceptors (Lipinski definition) is 3. The van der Waals surface area contributed by atoms with Crippen LogP contribution in [0.2, 0.25) is 0 Å². The Morgan fingerprint density at radius 3 is 2.56 bits per heavy atom. The first-order chi connectivity index (χ1) is 8.75. The summed E-state index contributed by atoms with van der Waals surface area (Å²) in [4.78, 5) is 0.243. The van der Waals surface area contributed by atoms with Gasteiger partial charge in [0.15, 0.2) is 0 Å². The van der Waals surface area contributed by atoms with E-state index in [-0.39, 0.29) is 4.90 Å². The summed E-state index contributed by atoms with van der Waals surface area (Å²) in [6.07, 6.45) is 0.797. The highest BCUT2D eigenvalue weighted by Gasteiger charge is 1.98. The summed E-state index contributed by atoms with van der Waals surface area (Å²) < 4.78 is 27.1. The van der Waals surface area contributed by atoms with Gasteiger partial charge in [-0.1, -0.05) is 36.4 Å². The van der Waals surface area contributed by atoms with E-state index in [2.05, 4.69) is 0 Å². The van der Waals surface area contributed by atoms with Crippen molar-refractivity contribution in [2.45, 2.75) is 11.3 Å². The van der Waals surface area contributed by atoms with Crippen molar-refractivity contribution in [1.29, 1.82) is 0 Å². The van der Waals surface area contributed by atoms with Crippen LogP contribution in [0, 0.1) is 0 Å². The third-order valence-corrected chi connectivity index (χ3v) is 3.14. The van der Waals surface area contributed by atoms with Gasteiger partial charge in [-0.05, 0) is 34.8 Å². The van der Waals surface area contributed by atoms with Crippen LogP contribution in [-0.2, 0) is 17.5 Å². The van der Waals surface area contributed by atoms with Gasteiger partial charge in [-0.2, -0.15) is 0 Å². The molecule has 0 heterocycles. The molecule has 0 aliphatic rings. The molecule has 0 bridgehead atoms. The summed E-state index contributed by atoms with van der Waals surface area (Å²) in [6, 6.07) is 16.5. The molecule has 2 aromatic carbocycles. The second kappa shape index (κ2) is 6.33. The molecular formula is C14H13O3S-. The highest BCUT2D eigenvalue weighted by Crippen LogP contribution is 2.15. The summed E-state index contributed by atoms with van der Waals surface area (Å²) in [5, 5.41) is 0. The van der Waals surface area contributed by atoms with Crippen LogP contribution in [0.3, 0.4) is 0 Å². The SMILES string of the molecule is O=S([O-])c1cccc(OCCc2ccccc2)c1. The molecule has 0 saturated heterocycles. The van der Waals surface area contributed by atoms with Crippen LogP contribution < -0.4 is 4.74 Å². The van der Waals surface area contributed by atoms with Crippen molar-refractivity contribution in [2.75, 3.05) is 6.61 Å². The maximum Gasteiger partial charge on any atom is 0.120 e. The predicted molar refractivity (Wildman–Crippen MR) is 69.3 cm³/mol. The van der Waals surface area contributed by atoms with Crippen molar-refractivity contribution in [3.63, 3.8) is 0 Å². The molecular weight excluding hydrogens is 248 g/mol. The molecule has 0 aromatic heterocycles. The fraction of sp³-hybridized carbons (Fsp3) is 0.143. The fourth-order valence-corrected chi connectivity index (χ4v) is 2.00. The quantitative estimate of drug-likeness (QED) is 0.777. The van der Waals surface area contributed by atoms with Gasteiger partial charge in [0, 0.05) is 11.3 Å². The summed E-state index contributed by atoms with van der Waals surface area (Å²) >= 11 is -2.21. The van der Waals surface area contributed by atoms with Crippen LogP contribution in [0.4, 0.5) is 0 Å². The molecule has 2 aromatic rings. The van der Waals surface area contributed by atoms with E-state index in [0.717, 1.165) is 6.42 Å². The Morgan fingerprint density at radius 1 is 1.06 bits per heavy atom. The molecule has 0 aliphatic carbocycles. The van der Waals surface area contributed by atoms with E-state index >= 15 is 0 Å². The van der Waals surface area contributed by atoms with Crippen LogP contribution in [0.25, 0.3) is 0 Å². The molecule has 0 fully saturated rings. The molecule has 1 atom stereocenters. The second-order valence-electron chi connectivity index (χ2n) is 3.79. The molecule has 3 nitrogen and oxygen atoms in total. The average Bonchev–Trinajstić information content (AvgIpc) is 2.40. The zero-order valence-electron chi connectivity index (χ0n) is 9.74. The molecule has 0 amide bonds. The van der Waals surface area contributed by atoms with Crippen molar-refractivity contribution in [3.05, 3.63) is 60.2 Å². The number of benzene rings is 2. The van der Waals surface area contributed by atoms with Crippen molar-refractivity contribution < 1.29 is 13.5 Å². The smallest absolute Gasteiger partial charge is 0.120 e. The van der Waals surface area contributed by atoms with Gasteiger partial charge in [-0.25, -0.2) is 0 Å². The van der Waals surface area contributed by atoms with E-state index in [1.165, 1.54) is 17.7 Å². The Labute approximate surface area is 109 Å². The Morgan fingerprint density at radius 2 is 1.83 bits per heavy atom. The maximum atomic E-state index is 10.8. The minimum absolute atomic E-state index is 0.243. The van der Waals surface area contributed by atoms with Crippen molar-refractivity contribution >= 4 is 11.1 Å². The average molecular weight is 261 g/mol. The Hall–Kier alpha value is -1.65. The standard InChI is InChI=1S/C14H14O3S/c15-18(16)14-8-4-7-13(11-14)17-10-9-12-5-2-1-3-6-12/h1-8,11H,9-10H2,(H,15,16)/p-1. The van der Waals surface area contributed by atoms with Gasteiger partial charge >= 0.3 is 0 Å². The molecule has 0 N–H and O–H groups in total. The second-order valence-corrected chi connectivity index (χ2v) is 4.73. The summed E-state index contributed by atoms with van der Waals surface area (Å²) in [7, 11) is 0. The third kappa shape index (κ3) is 3.68. The molecule has 94 valence electrons. The van der Waals surface area contributed by atoms with Crippen LogP contribution in [0.15, 0.2) is 59.5 Å². The van der Waals surface area contributed by atoms with Gasteiger partial charge in [0.25, 0.3) is 0 Å². The van der Waals surface area contributed by atoms with Crippen molar-refractivity contribution in [1.82, 2.24) is 0 Å². The largest absolute Gasteiger partial charge is 0.768 e. The third-order valence-electron chi connectivity index (χ3n) is 2.50. The van der Waals surface area contributed by atoms with E-state index < -0.39 is 11.1 Å². The van der Waals surface area contributed by atoms with Gasteiger partial charge < -0.3 is 9.29 Å². The van der Waals surface area contributed by atoms with Gasteiger partial charge in [0.05, 0.1) is 6.61 Å². The summed E-state index contributed by atoms with van der Waals surface area (Å²) in [6.45, 7) is 0.527. The highest BCUT2D eigenvalue weighted by atomic mass is 32.2. The lowest BCUT2D eigenvalue weighted by Crippen LogP contribution is -2.01. The van der Waals surface area contributed by atoms with Gasteiger partial charge in [-0.3, -0.25) is 4.21 Å². The molecule has 2 rings (SSSR count).